The van der Waals surface area contributed by atoms with Gasteiger partial charge in [-0.3, -0.25) is 33.3 Å². The van der Waals surface area contributed by atoms with Gasteiger partial charge in [0.1, 0.15) is 0 Å². The average molecular weight is 514 g/mol. The standard InChI is InChI=1S/C10H16N2O8.2Na.H4O7P2/c13-7(14)3-11(4-8(15)16)1-2-12(5-9(17)18)6-10(19)20;;;1-8(2,3)7-9(4,5)6/h1-6H2,(H,13,14)(H,15,16)(H,17,18)(H,19,20);;;(H2,1,2,3)(H2,4,5,6)/q;2*+1;/p-2. The van der Waals surface area contributed by atoms with E-state index in [4.69, 9.17) is 30.2 Å². The van der Waals surface area contributed by atoms with Crippen LogP contribution in [0, 0.1) is 0 Å². The van der Waals surface area contributed by atoms with Crippen LogP contribution in [0.25, 0.3) is 0 Å². The zero-order chi connectivity index (χ0) is 23.4. The molecular formula is C10H18N2Na2O15P2. The number of carboxylic acid groups (broad SMARTS) is 4. The Kier molecular flexibility index (Phi) is 22.9. The Hall–Kier alpha value is 0.0600. The van der Waals surface area contributed by atoms with Gasteiger partial charge in [-0.15, -0.1) is 0 Å². The summed E-state index contributed by atoms with van der Waals surface area (Å²) in [6, 6.07) is 0. The van der Waals surface area contributed by atoms with Gasteiger partial charge in [-0.1, -0.05) is 0 Å². The molecule has 0 bridgehead atoms. The van der Waals surface area contributed by atoms with E-state index in [1.165, 1.54) is 0 Å². The Morgan fingerprint density at radius 1 is 0.677 bits per heavy atom. The van der Waals surface area contributed by atoms with Crippen LogP contribution in [-0.2, 0) is 32.6 Å². The van der Waals surface area contributed by atoms with Crippen molar-refractivity contribution in [2.45, 2.75) is 0 Å². The van der Waals surface area contributed by atoms with E-state index in [1.54, 1.807) is 0 Å². The fourth-order valence-electron chi connectivity index (χ4n) is 1.61. The summed E-state index contributed by atoms with van der Waals surface area (Å²) in [6.45, 7) is -2.25. The molecule has 0 unspecified atom stereocenters. The second-order valence-corrected chi connectivity index (χ2v) is 7.54. The zero-order valence-electron chi connectivity index (χ0n) is 16.4. The van der Waals surface area contributed by atoms with Crippen molar-refractivity contribution in [1.82, 2.24) is 9.80 Å². The molecule has 6 N–H and O–H groups in total. The summed E-state index contributed by atoms with van der Waals surface area (Å²) in [4.78, 5) is 78.5. The molecule has 0 aromatic heterocycles. The van der Waals surface area contributed by atoms with Gasteiger partial charge >= 0.3 is 90.8 Å². The quantitative estimate of drug-likeness (QED) is 0.0982. The summed E-state index contributed by atoms with van der Waals surface area (Å²) in [7, 11) is -10.7. The molecule has 0 spiro atoms. The van der Waals surface area contributed by atoms with Gasteiger partial charge in [-0.2, -0.15) is 0 Å². The summed E-state index contributed by atoms with van der Waals surface area (Å²) >= 11 is 0. The molecular weight excluding hydrogens is 496 g/mol. The third-order valence-electron chi connectivity index (χ3n) is 2.37. The van der Waals surface area contributed by atoms with E-state index in [9.17, 15) is 38.1 Å². The van der Waals surface area contributed by atoms with E-state index in [0.29, 0.717) is 0 Å². The van der Waals surface area contributed by atoms with E-state index in [0.717, 1.165) is 9.80 Å². The van der Waals surface area contributed by atoms with Crippen LogP contribution in [0.1, 0.15) is 0 Å². The van der Waals surface area contributed by atoms with Crippen molar-refractivity contribution in [3.8, 4) is 0 Å². The summed E-state index contributed by atoms with van der Waals surface area (Å²) in [5.41, 5.74) is 0. The maximum atomic E-state index is 10.6. The van der Waals surface area contributed by atoms with E-state index in [2.05, 4.69) is 4.31 Å². The van der Waals surface area contributed by atoms with Crippen LogP contribution < -0.4 is 68.9 Å². The molecule has 0 saturated heterocycles. The van der Waals surface area contributed by atoms with Crippen molar-refractivity contribution in [3.63, 3.8) is 0 Å². The second-order valence-electron chi connectivity index (χ2n) is 5.02. The molecule has 21 heteroatoms. The molecule has 0 radical (unpaired) electrons. The van der Waals surface area contributed by atoms with Crippen LogP contribution in [0.15, 0.2) is 0 Å². The third kappa shape index (κ3) is 32.3. The predicted molar refractivity (Wildman–Crippen MR) is 84.2 cm³/mol. The number of phosphoric acid groups is 2. The van der Waals surface area contributed by atoms with Gasteiger partial charge in [-0.25, -0.2) is 4.57 Å². The topological polar surface area (TPSA) is 286 Å². The number of hydrogen-bond acceptors (Lipinski definition) is 11. The van der Waals surface area contributed by atoms with Crippen LogP contribution in [0.5, 0.6) is 0 Å². The van der Waals surface area contributed by atoms with Gasteiger partial charge in [0.05, 0.1) is 34.0 Å². The van der Waals surface area contributed by atoms with Crippen LogP contribution in [0.2, 0.25) is 0 Å². The first kappa shape index (κ1) is 38.3. The second kappa shape index (κ2) is 18.5. The van der Waals surface area contributed by atoms with Crippen LogP contribution in [0.4, 0.5) is 0 Å². The SMILES string of the molecule is O=C(O)CN(CCN(CC(=O)O)CC(=O)O)CC(=O)O.O=P([O-])([O-])OP(=O)(O)O.[Na+].[Na+]. The number of carbonyl (C=O) groups is 4. The Bertz CT molecular complexity index is 593. The molecule has 0 saturated carbocycles. The Balaban J connectivity index is -0.000000282. The first-order valence-electron chi connectivity index (χ1n) is 7.02. The van der Waals surface area contributed by atoms with Crippen LogP contribution in [0.3, 0.4) is 0 Å². The zero-order valence-corrected chi connectivity index (χ0v) is 22.2. The molecule has 17 nitrogen and oxygen atoms in total. The maximum absolute atomic E-state index is 10.6. The van der Waals surface area contributed by atoms with Crippen molar-refractivity contribution in [1.29, 1.82) is 0 Å². The van der Waals surface area contributed by atoms with Crippen LogP contribution in [-0.4, -0.2) is 103 Å². The van der Waals surface area contributed by atoms with E-state index in [1.807, 2.05) is 0 Å². The smallest absolute Gasteiger partial charge is 0.789 e. The Labute approximate surface area is 219 Å². The first-order valence-corrected chi connectivity index (χ1v) is 10.0. The van der Waals surface area contributed by atoms with Crippen molar-refractivity contribution in [2.24, 2.45) is 0 Å². The number of aliphatic carboxylic acids is 4. The van der Waals surface area contributed by atoms with Gasteiger partial charge < -0.3 is 44.6 Å². The van der Waals surface area contributed by atoms with Crippen molar-refractivity contribution < 1.29 is 132 Å². The summed E-state index contributed by atoms with van der Waals surface area (Å²) in [5.74, 6) is -4.91. The number of hydrogen-bond donors (Lipinski definition) is 6. The fourth-order valence-corrected chi connectivity index (χ4v) is 2.65. The molecule has 31 heavy (non-hydrogen) atoms. The van der Waals surface area contributed by atoms with Crippen molar-refractivity contribution >= 4 is 39.5 Å². The molecule has 0 amide bonds. The maximum Gasteiger partial charge on any atom is 1.00 e. The molecule has 0 fully saturated rings. The van der Waals surface area contributed by atoms with Crippen molar-refractivity contribution in [3.05, 3.63) is 0 Å². The normalized spacial score (nSPS) is 10.9. The minimum atomic E-state index is -5.55. The minimum Gasteiger partial charge on any atom is -0.789 e. The van der Waals surface area contributed by atoms with Gasteiger partial charge in [0.25, 0.3) is 0 Å². The monoisotopic (exact) mass is 514 g/mol. The van der Waals surface area contributed by atoms with E-state index >= 15 is 0 Å². The molecule has 0 heterocycles. The molecule has 0 aliphatic heterocycles. The van der Waals surface area contributed by atoms with Gasteiger partial charge in [-0.05, 0) is 0 Å². The predicted octanol–water partition coefficient (Wildman–Crippen LogP) is -10.1. The average Bonchev–Trinajstić information content (AvgIpc) is 2.38. The molecule has 0 aliphatic rings. The molecule has 170 valence electrons. The molecule has 0 aliphatic carbocycles. The Morgan fingerprint density at radius 3 is 1.00 bits per heavy atom. The number of rotatable bonds is 13. The molecule has 0 atom stereocenters. The summed E-state index contributed by atoms with van der Waals surface area (Å²) in [5, 5.41) is 34.5. The van der Waals surface area contributed by atoms with Crippen LogP contribution >= 0.6 is 15.6 Å². The first-order chi connectivity index (χ1) is 12.9. The van der Waals surface area contributed by atoms with Crippen molar-refractivity contribution in [2.75, 3.05) is 39.3 Å². The largest absolute Gasteiger partial charge is 1.00 e. The Morgan fingerprint density at radius 2 is 0.903 bits per heavy atom. The number of nitrogens with zero attached hydrogens (tertiary/aromatic N) is 2. The molecule has 0 aromatic carbocycles. The number of carboxylic acids is 4. The molecule has 0 rings (SSSR count). The fraction of sp³-hybridized carbons (Fsp3) is 0.600. The van der Waals surface area contributed by atoms with Gasteiger partial charge in [0, 0.05) is 13.1 Å². The summed E-state index contributed by atoms with van der Waals surface area (Å²) in [6.07, 6.45) is 0. The van der Waals surface area contributed by atoms with E-state index < -0.39 is 65.7 Å². The van der Waals surface area contributed by atoms with Gasteiger partial charge in [0.15, 0.2) is 0 Å². The summed E-state index contributed by atoms with van der Waals surface area (Å²) < 4.78 is 21.7. The van der Waals surface area contributed by atoms with E-state index in [-0.39, 0.29) is 72.2 Å². The minimum absolute atomic E-state index is 0. The third-order valence-corrected chi connectivity index (χ3v) is 4.03. The molecule has 0 aromatic rings. The van der Waals surface area contributed by atoms with Gasteiger partial charge in [0.2, 0.25) is 0 Å².